The number of nitrogens with one attached hydrogen (secondary N) is 1. The zero-order chi connectivity index (χ0) is 11.6. The highest BCUT2D eigenvalue weighted by atomic mass is 35.5. The lowest BCUT2D eigenvalue weighted by Crippen LogP contribution is -2.45. The van der Waals surface area contributed by atoms with Crippen molar-refractivity contribution in [2.24, 2.45) is 13.0 Å². The Bertz CT molecular complexity index is 350. The van der Waals surface area contributed by atoms with E-state index < -0.39 is 0 Å². The topological polar surface area (TPSA) is 29.9 Å². The van der Waals surface area contributed by atoms with Crippen molar-refractivity contribution in [2.45, 2.75) is 38.1 Å². The zero-order valence-corrected chi connectivity index (χ0v) is 10.8. The van der Waals surface area contributed by atoms with Gasteiger partial charge in [-0.3, -0.25) is 0 Å². The van der Waals surface area contributed by atoms with E-state index in [-0.39, 0.29) is 5.54 Å². The molecule has 1 heterocycles. The van der Waals surface area contributed by atoms with Gasteiger partial charge >= 0.3 is 0 Å². The third-order valence-electron chi connectivity index (χ3n) is 3.55. The summed E-state index contributed by atoms with van der Waals surface area (Å²) < 4.78 is 2.01. The Labute approximate surface area is 102 Å². The van der Waals surface area contributed by atoms with E-state index >= 15 is 0 Å². The van der Waals surface area contributed by atoms with Gasteiger partial charge in [-0.05, 0) is 18.8 Å². The lowest BCUT2D eigenvalue weighted by atomic mass is 9.77. The molecule has 1 fully saturated rings. The van der Waals surface area contributed by atoms with Gasteiger partial charge in [0.1, 0.15) is 0 Å². The van der Waals surface area contributed by atoms with Crippen LogP contribution in [0.3, 0.4) is 0 Å². The minimum absolute atomic E-state index is 0.0400. The largest absolute Gasteiger partial charge is 0.349 e. The highest BCUT2D eigenvalue weighted by molar-refractivity contribution is 6.18. The summed E-state index contributed by atoms with van der Waals surface area (Å²) in [4.78, 5) is 4.32. The zero-order valence-electron chi connectivity index (χ0n) is 10.0. The molecule has 0 spiro atoms. The maximum Gasteiger partial charge on any atom is 0.202 e. The monoisotopic (exact) mass is 241 g/mol. The first kappa shape index (κ1) is 11.8. The van der Waals surface area contributed by atoms with Crippen LogP contribution in [0.25, 0.3) is 0 Å². The van der Waals surface area contributed by atoms with Gasteiger partial charge < -0.3 is 9.88 Å². The lowest BCUT2D eigenvalue weighted by molar-refractivity contribution is 0.278. The van der Waals surface area contributed by atoms with E-state index in [1.165, 1.54) is 12.8 Å². The fraction of sp³-hybridized carbons (Fsp3) is 0.750. The van der Waals surface area contributed by atoms with Crippen molar-refractivity contribution in [3.8, 4) is 0 Å². The third kappa shape index (κ3) is 2.34. The molecule has 1 aromatic rings. The molecule has 2 unspecified atom stereocenters. The van der Waals surface area contributed by atoms with Gasteiger partial charge in [0, 0.05) is 25.3 Å². The second kappa shape index (κ2) is 4.66. The van der Waals surface area contributed by atoms with E-state index in [1.807, 2.05) is 24.0 Å². The van der Waals surface area contributed by atoms with Crippen LogP contribution < -0.4 is 5.32 Å². The maximum absolute atomic E-state index is 6.17. The van der Waals surface area contributed by atoms with E-state index in [2.05, 4.69) is 17.2 Å². The first-order valence-corrected chi connectivity index (χ1v) is 6.50. The summed E-state index contributed by atoms with van der Waals surface area (Å²) in [5, 5.41) is 3.54. The van der Waals surface area contributed by atoms with Crippen molar-refractivity contribution in [3.05, 3.63) is 12.4 Å². The molecule has 0 bridgehead atoms. The normalized spacial score (nSPS) is 30.3. The highest BCUT2D eigenvalue weighted by Crippen LogP contribution is 2.35. The lowest BCUT2D eigenvalue weighted by Gasteiger charge is -2.39. The first-order valence-electron chi connectivity index (χ1n) is 5.97. The maximum atomic E-state index is 6.17. The van der Waals surface area contributed by atoms with E-state index in [0.29, 0.717) is 5.88 Å². The summed E-state index contributed by atoms with van der Waals surface area (Å²) in [5.74, 6) is 2.33. The van der Waals surface area contributed by atoms with Crippen LogP contribution in [0.4, 0.5) is 5.95 Å². The number of aryl methyl sites for hydroxylation is 1. The molecule has 1 N–H and O–H groups in total. The van der Waals surface area contributed by atoms with Gasteiger partial charge in [0.2, 0.25) is 5.95 Å². The average molecular weight is 242 g/mol. The smallest absolute Gasteiger partial charge is 0.202 e. The van der Waals surface area contributed by atoms with Crippen molar-refractivity contribution >= 4 is 17.5 Å². The number of nitrogens with zero attached hydrogens (tertiary/aromatic N) is 2. The summed E-state index contributed by atoms with van der Waals surface area (Å²) in [6.07, 6.45) is 8.64. The quantitative estimate of drug-likeness (QED) is 0.825. The van der Waals surface area contributed by atoms with Crippen LogP contribution in [0.5, 0.6) is 0 Å². The standard InChI is InChI=1S/C12H20ClN3/c1-10-4-3-5-12(8-10,9-13)15-11-14-6-7-16(11)2/h6-7,10H,3-5,8-9H2,1-2H3,(H,14,15). The van der Waals surface area contributed by atoms with Gasteiger partial charge in [-0.25, -0.2) is 4.98 Å². The Balaban J connectivity index is 2.12. The van der Waals surface area contributed by atoms with Crippen LogP contribution in [0, 0.1) is 5.92 Å². The van der Waals surface area contributed by atoms with Gasteiger partial charge in [0.25, 0.3) is 0 Å². The Morgan fingerprint density at radius 1 is 1.69 bits per heavy atom. The van der Waals surface area contributed by atoms with E-state index in [1.54, 1.807) is 0 Å². The van der Waals surface area contributed by atoms with Crippen LogP contribution in [-0.4, -0.2) is 21.0 Å². The number of alkyl halides is 1. The highest BCUT2D eigenvalue weighted by Gasteiger charge is 2.34. The molecular formula is C12H20ClN3. The molecular weight excluding hydrogens is 222 g/mol. The van der Waals surface area contributed by atoms with Crippen molar-refractivity contribution < 1.29 is 0 Å². The van der Waals surface area contributed by atoms with Gasteiger partial charge in [-0.2, -0.15) is 0 Å². The second-order valence-electron chi connectivity index (χ2n) is 5.10. The molecule has 1 aromatic heterocycles. The number of hydrogen-bond donors (Lipinski definition) is 1. The minimum Gasteiger partial charge on any atom is -0.349 e. The van der Waals surface area contributed by atoms with Crippen molar-refractivity contribution in [3.63, 3.8) is 0 Å². The fourth-order valence-corrected chi connectivity index (χ4v) is 2.96. The van der Waals surface area contributed by atoms with Crippen molar-refractivity contribution in [1.82, 2.24) is 9.55 Å². The van der Waals surface area contributed by atoms with Crippen LogP contribution in [0.2, 0.25) is 0 Å². The molecule has 2 atom stereocenters. The van der Waals surface area contributed by atoms with Crippen LogP contribution >= 0.6 is 11.6 Å². The molecule has 1 aliphatic carbocycles. The number of aromatic nitrogens is 2. The SMILES string of the molecule is CC1CCCC(CCl)(Nc2nccn2C)C1. The number of anilines is 1. The van der Waals surface area contributed by atoms with Crippen LogP contribution in [-0.2, 0) is 7.05 Å². The van der Waals surface area contributed by atoms with Crippen molar-refractivity contribution in [2.75, 3.05) is 11.2 Å². The molecule has 0 saturated heterocycles. The summed E-state index contributed by atoms with van der Waals surface area (Å²) in [6.45, 7) is 2.31. The molecule has 0 aliphatic heterocycles. The Kier molecular flexibility index (Phi) is 3.43. The number of rotatable bonds is 3. The Morgan fingerprint density at radius 2 is 2.50 bits per heavy atom. The number of imidazole rings is 1. The van der Waals surface area contributed by atoms with E-state index in [4.69, 9.17) is 11.6 Å². The molecule has 0 radical (unpaired) electrons. The third-order valence-corrected chi connectivity index (χ3v) is 4.06. The number of halogens is 1. The van der Waals surface area contributed by atoms with E-state index in [0.717, 1.165) is 24.7 Å². The molecule has 4 heteroatoms. The van der Waals surface area contributed by atoms with Gasteiger partial charge in [-0.15, -0.1) is 11.6 Å². The van der Waals surface area contributed by atoms with Crippen LogP contribution in [0.1, 0.15) is 32.6 Å². The van der Waals surface area contributed by atoms with Gasteiger partial charge in [0.05, 0.1) is 5.54 Å². The van der Waals surface area contributed by atoms with Crippen molar-refractivity contribution in [1.29, 1.82) is 0 Å². The molecule has 2 rings (SSSR count). The molecule has 0 aromatic carbocycles. The number of hydrogen-bond acceptors (Lipinski definition) is 2. The van der Waals surface area contributed by atoms with Crippen LogP contribution in [0.15, 0.2) is 12.4 Å². The van der Waals surface area contributed by atoms with E-state index in [9.17, 15) is 0 Å². The molecule has 1 saturated carbocycles. The summed E-state index contributed by atoms with van der Waals surface area (Å²) >= 11 is 6.17. The Hall–Kier alpha value is -0.700. The minimum atomic E-state index is 0.0400. The predicted molar refractivity (Wildman–Crippen MR) is 67.9 cm³/mol. The fourth-order valence-electron chi connectivity index (χ4n) is 2.65. The Morgan fingerprint density at radius 3 is 3.06 bits per heavy atom. The molecule has 90 valence electrons. The van der Waals surface area contributed by atoms with Gasteiger partial charge in [0.15, 0.2) is 0 Å². The summed E-state index contributed by atoms with van der Waals surface area (Å²) in [6, 6.07) is 0. The molecule has 1 aliphatic rings. The predicted octanol–water partition coefficient (Wildman–Crippen LogP) is 3.02. The summed E-state index contributed by atoms with van der Waals surface area (Å²) in [7, 11) is 2.00. The first-order chi connectivity index (χ1) is 7.65. The summed E-state index contributed by atoms with van der Waals surface area (Å²) in [5.41, 5.74) is 0.0400. The molecule has 3 nitrogen and oxygen atoms in total. The molecule has 16 heavy (non-hydrogen) atoms. The molecule has 0 amide bonds. The second-order valence-corrected chi connectivity index (χ2v) is 5.37. The average Bonchev–Trinajstić information content (AvgIpc) is 2.64. The van der Waals surface area contributed by atoms with Gasteiger partial charge in [-0.1, -0.05) is 19.8 Å².